The molecule has 1 amide bonds. The second kappa shape index (κ2) is 6.45. The predicted molar refractivity (Wildman–Crippen MR) is 90.8 cm³/mol. The highest BCUT2D eigenvalue weighted by Gasteiger charge is 2.08. The summed E-state index contributed by atoms with van der Waals surface area (Å²) in [6.45, 7) is 1.49. The lowest BCUT2D eigenvalue weighted by Crippen LogP contribution is -2.12. The van der Waals surface area contributed by atoms with E-state index in [-0.39, 0.29) is 11.7 Å². The minimum Gasteiger partial charge on any atom is -0.322 e. The van der Waals surface area contributed by atoms with Gasteiger partial charge in [0, 0.05) is 29.4 Å². The molecular formula is C18H16N4O2. The third-order valence-electron chi connectivity index (χ3n) is 3.55. The summed E-state index contributed by atoms with van der Waals surface area (Å²) in [6, 6.07) is 13.9. The lowest BCUT2D eigenvalue weighted by atomic mass is 10.1. The monoisotopic (exact) mass is 320 g/mol. The van der Waals surface area contributed by atoms with E-state index >= 15 is 0 Å². The standard InChI is InChI=1S/C18H16N4O2/c1-12(23)13-3-5-15(6-4-13)18(24)20-16-9-7-14(8-10-16)17-19-11-22(2)21-17/h3-11H,1-2H3,(H,20,24). The summed E-state index contributed by atoms with van der Waals surface area (Å²) in [6.07, 6.45) is 1.63. The van der Waals surface area contributed by atoms with Gasteiger partial charge >= 0.3 is 0 Å². The summed E-state index contributed by atoms with van der Waals surface area (Å²) in [5.74, 6) is 0.379. The van der Waals surface area contributed by atoms with E-state index in [4.69, 9.17) is 0 Å². The number of aryl methyl sites for hydroxylation is 1. The molecule has 0 fully saturated rings. The van der Waals surface area contributed by atoms with Crippen LogP contribution in [0.25, 0.3) is 11.4 Å². The SMILES string of the molecule is CC(=O)c1ccc(C(=O)Nc2ccc(-c3ncn(C)n3)cc2)cc1. The van der Waals surface area contributed by atoms with Gasteiger partial charge in [-0.2, -0.15) is 5.10 Å². The summed E-state index contributed by atoms with van der Waals surface area (Å²) in [7, 11) is 1.81. The minimum absolute atomic E-state index is 0.0272. The van der Waals surface area contributed by atoms with Crippen LogP contribution in [0.1, 0.15) is 27.6 Å². The van der Waals surface area contributed by atoms with Crippen molar-refractivity contribution < 1.29 is 9.59 Å². The van der Waals surface area contributed by atoms with Crippen molar-refractivity contribution in [2.24, 2.45) is 7.05 Å². The summed E-state index contributed by atoms with van der Waals surface area (Å²) in [4.78, 5) is 27.7. The Balaban J connectivity index is 1.71. The highest BCUT2D eigenvalue weighted by molar-refractivity contribution is 6.05. The Morgan fingerprint density at radius 3 is 2.12 bits per heavy atom. The topological polar surface area (TPSA) is 76.9 Å². The molecule has 6 heteroatoms. The first-order valence-electron chi connectivity index (χ1n) is 7.41. The molecule has 0 spiro atoms. The van der Waals surface area contributed by atoms with Gasteiger partial charge in [0.1, 0.15) is 6.33 Å². The van der Waals surface area contributed by atoms with E-state index in [1.165, 1.54) is 6.92 Å². The molecule has 1 aromatic heterocycles. The molecule has 120 valence electrons. The molecule has 0 saturated heterocycles. The number of hydrogen-bond acceptors (Lipinski definition) is 4. The van der Waals surface area contributed by atoms with Gasteiger partial charge in [-0.3, -0.25) is 14.3 Å². The van der Waals surface area contributed by atoms with E-state index in [9.17, 15) is 9.59 Å². The number of ketones is 1. The number of carbonyl (C=O) groups is 2. The van der Waals surface area contributed by atoms with Crippen LogP contribution in [0, 0.1) is 0 Å². The van der Waals surface area contributed by atoms with Crippen LogP contribution < -0.4 is 5.32 Å². The number of carbonyl (C=O) groups excluding carboxylic acids is 2. The van der Waals surface area contributed by atoms with Crippen LogP contribution in [-0.4, -0.2) is 26.5 Å². The van der Waals surface area contributed by atoms with Gasteiger partial charge in [0.25, 0.3) is 5.91 Å². The lowest BCUT2D eigenvalue weighted by molar-refractivity contribution is 0.101. The Kier molecular flexibility index (Phi) is 4.20. The van der Waals surface area contributed by atoms with E-state index < -0.39 is 0 Å². The fraction of sp³-hybridized carbons (Fsp3) is 0.111. The number of amides is 1. The van der Waals surface area contributed by atoms with Crippen LogP contribution in [0.5, 0.6) is 0 Å². The van der Waals surface area contributed by atoms with Crippen LogP contribution in [0.4, 0.5) is 5.69 Å². The third kappa shape index (κ3) is 3.38. The quantitative estimate of drug-likeness (QED) is 0.750. The van der Waals surface area contributed by atoms with Crippen molar-refractivity contribution in [2.45, 2.75) is 6.92 Å². The molecule has 24 heavy (non-hydrogen) atoms. The highest BCUT2D eigenvalue weighted by atomic mass is 16.1. The zero-order valence-electron chi connectivity index (χ0n) is 13.4. The van der Waals surface area contributed by atoms with Crippen LogP contribution >= 0.6 is 0 Å². The van der Waals surface area contributed by atoms with Gasteiger partial charge in [0.05, 0.1) is 0 Å². The van der Waals surface area contributed by atoms with Gasteiger partial charge < -0.3 is 5.32 Å². The van der Waals surface area contributed by atoms with Gasteiger partial charge in [0.15, 0.2) is 11.6 Å². The largest absolute Gasteiger partial charge is 0.322 e. The molecule has 0 radical (unpaired) electrons. The maximum Gasteiger partial charge on any atom is 0.255 e. The fourth-order valence-electron chi connectivity index (χ4n) is 2.23. The summed E-state index contributed by atoms with van der Waals surface area (Å²) in [5, 5.41) is 7.05. The van der Waals surface area contributed by atoms with E-state index in [0.29, 0.717) is 22.6 Å². The van der Waals surface area contributed by atoms with E-state index in [0.717, 1.165) is 5.56 Å². The van der Waals surface area contributed by atoms with Crippen molar-refractivity contribution in [3.8, 4) is 11.4 Å². The van der Waals surface area contributed by atoms with Crippen LogP contribution in [0.2, 0.25) is 0 Å². The Hall–Kier alpha value is -3.28. The van der Waals surface area contributed by atoms with E-state index in [1.807, 2.05) is 19.2 Å². The fourth-order valence-corrected chi connectivity index (χ4v) is 2.23. The number of rotatable bonds is 4. The summed E-state index contributed by atoms with van der Waals surface area (Å²) in [5.41, 5.74) is 2.63. The van der Waals surface area contributed by atoms with Gasteiger partial charge in [-0.1, -0.05) is 12.1 Å². The van der Waals surface area contributed by atoms with Crippen molar-refractivity contribution in [1.29, 1.82) is 0 Å². The smallest absolute Gasteiger partial charge is 0.255 e. The van der Waals surface area contributed by atoms with Crippen molar-refractivity contribution in [1.82, 2.24) is 14.8 Å². The lowest BCUT2D eigenvalue weighted by Gasteiger charge is -2.06. The Bertz CT molecular complexity index is 880. The predicted octanol–water partition coefficient (Wildman–Crippen LogP) is 2.94. The van der Waals surface area contributed by atoms with Gasteiger partial charge in [-0.25, -0.2) is 4.98 Å². The number of nitrogens with one attached hydrogen (secondary N) is 1. The Labute approximate surface area is 139 Å². The third-order valence-corrected chi connectivity index (χ3v) is 3.55. The molecule has 2 aromatic carbocycles. The van der Waals surface area contributed by atoms with Crippen molar-refractivity contribution in [3.05, 3.63) is 66.0 Å². The number of Topliss-reactive ketones (excluding diaryl/α,β-unsaturated/α-hetero) is 1. The number of anilines is 1. The van der Waals surface area contributed by atoms with Crippen LogP contribution in [0.15, 0.2) is 54.9 Å². The summed E-state index contributed by atoms with van der Waals surface area (Å²) < 4.78 is 1.63. The first kappa shape index (κ1) is 15.6. The Morgan fingerprint density at radius 1 is 0.958 bits per heavy atom. The van der Waals surface area contributed by atoms with E-state index in [2.05, 4.69) is 15.4 Å². The molecule has 0 aliphatic carbocycles. The molecule has 0 aliphatic rings. The second-order valence-electron chi connectivity index (χ2n) is 5.41. The summed E-state index contributed by atoms with van der Waals surface area (Å²) >= 11 is 0. The Morgan fingerprint density at radius 2 is 1.58 bits per heavy atom. The molecular weight excluding hydrogens is 304 g/mol. The van der Waals surface area contributed by atoms with Crippen LogP contribution in [-0.2, 0) is 7.05 Å². The van der Waals surface area contributed by atoms with Gasteiger partial charge in [0.2, 0.25) is 0 Å². The molecule has 1 N–H and O–H groups in total. The minimum atomic E-state index is -0.228. The maximum absolute atomic E-state index is 12.2. The van der Waals surface area contributed by atoms with Gasteiger partial charge in [-0.05, 0) is 43.3 Å². The van der Waals surface area contributed by atoms with Crippen molar-refractivity contribution in [3.63, 3.8) is 0 Å². The molecule has 6 nitrogen and oxygen atoms in total. The molecule has 0 unspecified atom stereocenters. The zero-order valence-corrected chi connectivity index (χ0v) is 13.4. The van der Waals surface area contributed by atoms with E-state index in [1.54, 1.807) is 47.4 Å². The highest BCUT2D eigenvalue weighted by Crippen LogP contribution is 2.18. The molecule has 0 aliphatic heterocycles. The van der Waals surface area contributed by atoms with Crippen LogP contribution in [0.3, 0.4) is 0 Å². The van der Waals surface area contributed by atoms with Crippen molar-refractivity contribution >= 4 is 17.4 Å². The zero-order chi connectivity index (χ0) is 17.1. The number of benzene rings is 2. The van der Waals surface area contributed by atoms with Gasteiger partial charge in [-0.15, -0.1) is 0 Å². The molecule has 3 aromatic rings. The average Bonchev–Trinajstić information content (AvgIpc) is 3.02. The molecule has 0 saturated carbocycles. The number of nitrogens with zero attached hydrogens (tertiary/aromatic N) is 3. The average molecular weight is 320 g/mol. The molecule has 1 heterocycles. The molecule has 0 bridgehead atoms. The normalized spacial score (nSPS) is 10.4. The maximum atomic E-state index is 12.2. The second-order valence-corrected chi connectivity index (χ2v) is 5.41. The molecule has 0 atom stereocenters. The first-order chi connectivity index (χ1) is 11.5. The number of hydrogen-bond donors (Lipinski definition) is 1. The van der Waals surface area contributed by atoms with Crippen molar-refractivity contribution in [2.75, 3.05) is 5.32 Å². The molecule has 3 rings (SSSR count). The first-order valence-corrected chi connectivity index (χ1v) is 7.41. The number of aromatic nitrogens is 3.